The highest BCUT2D eigenvalue weighted by molar-refractivity contribution is 8.00. The summed E-state index contributed by atoms with van der Waals surface area (Å²) in [5.74, 6) is -1.89. The summed E-state index contributed by atoms with van der Waals surface area (Å²) in [5.41, 5.74) is -0.403. The second-order valence-electron chi connectivity index (χ2n) is 12.7. The third-order valence-corrected chi connectivity index (χ3v) is 11.7. The molecule has 0 aromatic carbocycles. The molecule has 0 aliphatic carbocycles. The molecule has 0 aromatic rings. The van der Waals surface area contributed by atoms with Gasteiger partial charge in [-0.2, -0.15) is 13.2 Å². The van der Waals surface area contributed by atoms with Gasteiger partial charge < -0.3 is 25.6 Å². The summed E-state index contributed by atoms with van der Waals surface area (Å²) in [6.45, 7) is 7.60. The summed E-state index contributed by atoms with van der Waals surface area (Å²) in [6, 6.07) is -1.13. The van der Waals surface area contributed by atoms with Crippen LogP contribution in [-0.2, 0) is 14.3 Å². The summed E-state index contributed by atoms with van der Waals surface area (Å²) in [4.78, 5) is 28.7. The number of thioether (sulfide) groups is 1. The van der Waals surface area contributed by atoms with Gasteiger partial charge in [0.05, 0.1) is 29.5 Å². The zero-order valence-electron chi connectivity index (χ0n) is 24.0. The van der Waals surface area contributed by atoms with E-state index in [-0.39, 0.29) is 64.4 Å². The molecule has 234 valence electrons. The standard InChI is InChI=1S/C27H44ClF3N6O3S/c1-12-5-18(27(29,30)31)14(3)34-23(12)25(39)37-10-19-21(11-37)41-26(35-19)36-24(38)17-8-32-13(2)6-15(17)16-7-22(28)33-9-20(16)40-4/h12-23,26,32-35H,5-11H2,1-4H3,(H,36,38). The van der Waals surface area contributed by atoms with Gasteiger partial charge in [-0.15, -0.1) is 23.4 Å². The number of amides is 2. The number of carbonyl (C=O) groups excluding carboxylic acids is 2. The smallest absolute Gasteiger partial charge is 0.380 e. The van der Waals surface area contributed by atoms with Crippen LogP contribution in [0, 0.1) is 29.6 Å². The second kappa shape index (κ2) is 12.6. The van der Waals surface area contributed by atoms with Crippen LogP contribution >= 0.6 is 23.4 Å². The molecule has 0 spiro atoms. The van der Waals surface area contributed by atoms with Gasteiger partial charge in [-0.3, -0.25) is 20.2 Å². The fraction of sp³-hybridized carbons (Fsp3) is 0.926. The number of hydrogen-bond acceptors (Lipinski definition) is 8. The third kappa shape index (κ3) is 6.81. The van der Waals surface area contributed by atoms with Gasteiger partial charge in [0.25, 0.3) is 0 Å². The van der Waals surface area contributed by atoms with Crippen molar-refractivity contribution < 1.29 is 27.5 Å². The first-order valence-electron chi connectivity index (χ1n) is 14.8. The average Bonchev–Trinajstić information content (AvgIpc) is 3.47. The summed E-state index contributed by atoms with van der Waals surface area (Å²) in [5, 5.41) is 16.5. The van der Waals surface area contributed by atoms with Gasteiger partial charge in [0.1, 0.15) is 5.50 Å². The SMILES string of the molecule is COC1CNC(Cl)CC1C1CC(C)NCC1C(=O)NC1NC2CN(C(=O)C3NC(C)C(C(F)(F)F)CC3C)CC2S1. The maximum Gasteiger partial charge on any atom is 0.393 e. The fourth-order valence-corrected chi connectivity index (χ4v) is 9.38. The van der Waals surface area contributed by atoms with E-state index in [9.17, 15) is 22.8 Å². The molecular weight excluding hydrogens is 581 g/mol. The molecule has 0 saturated carbocycles. The fourth-order valence-electron chi connectivity index (χ4n) is 7.68. The first kappa shape index (κ1) is 31.6. The third-order valence-electron chi connectivity index (χ3n) is 9.97. The Bertz CT molecular complexity index is 954. The number of piperidine rings is 3. The summed E-state index contributed by atoms with van der Waals surface area (Å²) >= 11 is 8.07. The van der Waals surface area contributed by atoms with Crippen LogP contribution < -0.4 is 26.6 Å². The number of hydrogen-bond donors (Lipinski definition) is 5. The van der Waals surface area contributed by atoms with Gasteiger partial charge >= 0.3 is 6.18 Å². The van der Waals surface area contributed by atoms with Crippen molar-refractivity contribution in [2.24, 2.45) is 29.6 Å². The highest BCUT2D eigenvalue weighted by atomic mass is 35.5. The zero-order valence-corrected chi connectivity index (χ0v) is 25.6. The molecule has 13 unspecified atom stereocenters. The Balaban J connectivity index is 1.15. The van der Waals surface area contributed by atoms with E-state index in [1.165, 1.54) is 6.92 Å². The lowest BCUT2D eigenvalue weighted by Crippen LogP contribution is -2.60. The number of alkyl halides is 4. The molecule has 0 bridgehead atoms. The van der Waals surface area contributed by atoms with Crippen LogP contribution in [0.25, 0.3) is 0 Å². The molecule has 0 aromatic heterocycles. The molecule has 5 aliphatic rings. The quantitative estimate of drug-likeness (QED) is 0.232. The molecule has 41 heavy (non-hydrogen) atoms. The molecule has 5 fully saturated rings. The molecule has 2 amide bonds. The Morgan fingerprint density at radius 3 is 2.46 bits per heavy atom. The van der Waals surface area contributed by atoms with Crippen molar-refractivity contribution in [3.8, 4) is 0 Å². The molecule has 5 aliphatic heterocycles. The minimum Gasteiger partial charge on any atom is -0.380 e. The van der Waals surface area contributed by atoms with E-state index in [0.29, 0.717) is 32.2 Å². The average molecular weight is 625 g/mol. The summed E-state index contributed by atoms with van der Waals surface area (Å²) in [6.07, 6.45) is -2.72. The summed E-state index contributed by atoms with van der Waals surface area (Å²) in [7, 11) is 1.71. The van der Waals surface area contributed by atoms with Crippen LogP contribution in [0.5, 0.6) is 0 Å². The predicted octanol–water partition coefficient (Wildman–Crippen LogP) is 1.67. The molecule has 9 nitrogen and oxygen atoms in total. The number of rotatable bonds is 5. The topological polar surface area (TPSA) is 107 Å². The Morgan fingerprint density at radius 1 is 1.02 bits per heavy atom. The van der Waals surface area contributed by atoms with Gasteiger partial charge in [0.15, 0.2) is 0 Å². The monoisotopic (exact) mass is 624 g/mol. The normalized spacial score (nSPS) is 45.4. The van der Waals surface area contributed by atoms with Crippen LogP contribution in [0.15, 0.2) is 0 Å². The van der Waals surface area contributed by atoms with E-state index in [1.807, 2.05) is 0 Å². The van der Waals surface area contributed by atoms with Crippen LogP contribution in [0.1, 0.15) is 40.0 Å². The van der Waals surface area contributed by atoms with E-state index in [4.69, 9.17) is 16.3 Å². The van der Waals surface area contributed by atoms with E-state index in [0.717, 1.165) is 12.8 Å². The molecule has 13 atom stereocenters. The molecule has 5 heterocycles. The number of carbonyl (C=O) groups is 2. The number of nitrogens with zero attached hydrogens (tertiary/aromatic N) is 1. The molecule has 5 rings (SSSR count). The van der Waals surface area contributed by atoms with Crippen LogP contribution in [-0.4, -0.2) is 103 Å². The largest absolute Gasteiger partial charge is 0.393 e. The second-order valence-corrected chi connectivity index (χ2v) is 14.6. The Morgan fingerprint density at radius 2 is 1.78 bits per heavy atom. The number of methoxy groups -OCH3 is 1. The maximum atomic E-state index is 13.6. The highest BCUT2D eigenvalue weighted by Crippen LogP contribution is 2.40. The minimum absolute atomic E-state index is 0.000232. The summed E-state index contributed by atoms with van der Waals surface area (Å²) < 4.78 is 45.9. The van der Waals surface area contributed by atoms with Crippen molar-refractivity contribution in [3.05, 3.63) is 0 Å². The Labute approximate surface area is 249 Å². The number of fused-ring (bicyclic) bond motifs is 1. The Kier molecular flexibility index (Phi) is 9.75. The van der Waals surface area contributed by atoms with Gasteiger partial charge in [0, 0.05) is 56.7 Å². The van der Waals surface area contributed by atoms with E-state index in [2.05, 4.69) is 33.5 Å². The number of halogens is 4. The minimum atomic E-state index is -4.28. The van der Waals surface area contributed by atoms with Gasteiger partial charge in [0.2, 0.25) is 11.8 Å². The van der Waals surface area contributed by atoms with Crippen molar-refractivity contribution in [1.29, 1.82) is 0 Å². The van der Waals surface area contributed by atoms with Gasteiger partial charge in [-0.1, -0.05) is 6.92 Å². The lowest BCUT2D eigenvalue weighted by molar-refractivity contribution is -0.194. The molecular formula is C27H44ClF3N6O3S. The van der Waals surface area contributed by atoms with Crippen LogP contribution in [0.3, 0.4) is 0 Å². The first-order chi connectivity index (χ1) is 19.3. The van der Waals surface area contributed by atoms with Crippen molar-refractivity contribution in [2.45, 2.75) is 92.7 Å². The molecule has 14 heteroatoms. The maximum absolute atomic E-state index is 13.6. The Hall–Kier alpha value is -0.830. The molecule has 5 N–H and O–H groups in total. The van der Waals surface area contributed by atoms with Crippen molar-refractivity contribution in [2.75, 3.05) is 33.3 Å². The molecule has 0 radical (unpaired) electrons. The predicted molar refractivity (Wildman–Crippen MR) is 152 cm³/mol. The molecule has 5 saturated heterocycles. The zero-order chi connectivity index (χ0) is 29.6. The van der Waals surface area contributed by atoms with Crippen molar-refractivity contribution in [1.82, 2.24) is 31.5 Å². The van der Waals surface area contributed by atoms with E-state index in [1.54, 1.807) is 30.7 Å². The van der Waals surface area contributed by atoms with E-state index >= 15 is 0 Å². The van der Waals surface area contributed by atoms with Crippen molar-refractivity contribution >= 4 is 35.2 Å². The van der Waals surface area contributed by atoms with E-state index < -0.39 is 30.1 Å². The lowest BCUT2D eigenvalue weighted by atomic mass is 9.70. The van der Waals surface area contributed by atoms with Gasteiger partial charge in [-0.25, -0.2) is 0 Å². The van der Waals surface area contributed by atoms with Crippen LogP contribution in [0.4, 0.5) is 13.2 Å². The van der Waals surface area contributed by atoms with Crippen molar-refractivity contribution in [3.63, 3.8) is 0 Å². The van der Waals surface area contributed by atoms with Crippen LogP contribution in [0.2, 0.25) is 0 Å². The van der Waals surface area contributed by atoms with Gasteiger partial charge in [-0.05, 0) is 50.9 Å². The number of nitrogens with one attached hydrogen (secondary N) is 5. The number of likely N-dealkylation sites (tertiary alicyclic amines) is 1. The first-order valence-corrected chi connectivity index (χ1v) is 16.2. The number of ether oxygens (including phenoxy) is 1. The lowest BCUT2D eigenvalue weighted by Gasteiger charge is -2.45. The highest BCUT2D eigenvalue weighted by Gasteiger charge is 2.51.